The Hall–Kier alpha value is -5.12. The van der Waals surface area contributed by atoms with E-state index in [-0.39, 0.29) is 29.9 Å². The summed E-state index contributed by atoms with van der Waals surface area (Å²) in [4.78, 5) is 32.4. The maximum Gasteiger partial charge on any atom is 0.255 e. The number of carbonyl (C=O) groups is 2. The summed E-state index contributed by atoms with van der Waals surface area (Å²) >= 11 is 0. The minimum Gasteiger partial charge on any atom is -0.508 e. The van der Waals surface area contributed by atoms with E-state index in [0.717, 1.165) is 81.1 Å². The number of piperidine rings is 1. The summed E-state index contributed by atoms with van der Waals surface area (Å²) in [6, 6.07) is 31.0. The molecule has 0 saturated carbocycles. The summed E-state index contributed by atoms with van der Waals surface area (Å²) in [5.41, 5.74) is 8.71. The van der Waals surface area contributed by atoms with Gasteiger partial charge in [0, 0.05) is 62.1 Å². The van der Waals surface area contributed by atoms with Crippen LogP contribution in [0.25, 0.3) is 0 Å². The second kappa shape index (κ2) is 15.2. The van der Waals surface area contributed by atoms with Crippen LogP contribution in [0.15, 0.2) is 103 Å². The molecule has 9 nitrogen and oxygen atoms in total. The van der Waals surface area contributed by atoms with E-state index in [4.69, 9.17) is 9.47 Å². The number of ether oxygens (including phenoxy) is 2. The topological polar surface area (TPSA) is 94.6 Å². The molecule has 9 heteroatoms. The van der Waals surface area contributed by atoms with E-state index in [1.54, 1.807) is 4.90 Å². The van der Waals surface area contributed by atoms with Gasteiger partial charge in [-0.05, 0) is 115 Å². The summed E-state index contributed by atoms with van der Waals surface area (Å²) < 4.78 is 12.8. The van der Waals surface area contributed by atoms with Gasteiger partial charge in [-0.1, -0.05) is 55.1 Å². The number of aromatic hydroxyl groups is 1. The molecular weight excluding hydrogens is 689 g/mol. The summed E-state index contributed by atoms with van der Waals surface area (Å²) in [7, 11) is 0. The molecule has 4 aliphatic heterocycles. The lowest BCUT2D eigenvalue weighted by atomic mass is 9.69. The average molecular weight is 739 g/mol. The van der Waals surface area contributed by atoms with Crippen molar-refractivity contribution in [3.05, 3.63) is 137 Å². The fourth-order valence-corrected chi connectivity index (χ4v) is 9.59. The van der Waals surface area contributed by atoms with Crippen LogP contribution < -0.4 is 15.0 Å². The van der Waals surface area contributed by atoms with Gasteiger partial charge in [0.1, 0.15) is 24.1 Å². The van der Waals surface area contributed by atoms with Crippen LogP contribution in [0.4, 0.5) is 5.69 Å². The molecule has 55 heavy (non-hydrogen) atoms. The summed E-state index contributed by atoms with van der Waals surface area (Å²) in [6.07, 6.45) is 5.63. The molecule has 284 valence electrons. The van der Waals surface area contributed by atoms with E-state index < -0.39 is 6.04 Å². The second-order valence-corrected chi connectivity index (χ2v) is 16.0. The lowest BCUT2D eigenvalue weighted by molar-refractivity contribution is -0.126. The first-order valence-electron chi connectivity index (χ1n) is 20.0. The molecule has 0 radical (unpaired) electrons. The molecule has 0 spiro atoms. The highest BCUT2D eigenvalue weighted by atomic mass is 16.5. The quantitative estimate of drug-likeness (QED) is 0.196. The van der Waals surface area contributed by atoms with Crippen molar-refractivity contribution in [2.45, 2.75) is 75.2 Å². The molecule has 9 rings (SSSR count). The number of fused-ring (bicyclic) bond motifs is 2. The fraction of sp³-hybridized carbons (Fsp3) is 0.391. The maximum absolute atomic E-state index is 13.2. The third-order valence-electron chi connectivity index (χ3n) is 12.5. The third-order valence-corrected chi connectivity index (χ3v) is 12.5. The molecule has 0 bridgehead atoms. The Morgan fingerprint density at radius 3 is 2.40 bits per heavy atom. The standard InChI is InChI=1S/C46H50N4O5/c1-30-7-20-43(45(52)47-30)50-27-34-25-35(11-18-42(34)46(50)53)49-23-21-48(22-24-49)28-38-15-16-39(55-38)29-54-37-13-8-32(9-14-37)44-40(31-5-3-2-4-6-31)17-10-33-26-36(51)12-19-41(33)44/h2-6,8-9,11-14,18-19,25-26,38-40,43-44,51H,1,7,10,15-17,20-24,27-29H2,(H,47,52)/t38-,39+,40-,43?,44+/m1/s1. The van der Waals surface area contributed by atoms with Gasteiger partial charge in [-0.25, -0.2) is 0 Å². The van der Waals surface area contributed by atoms with Gasteiger partial charge in [0.2, 0.25) is 5.91 Å². The van der Waals surface area contributed by atoms with Crippen LogP contribution in [0.2, 0.25) is 0 Å². The SMILES string of the molecule is C=C1CCC(N2Cc3cc(N4CCN(C[C@H]5CC[C@@H](COc6ccc([C@@H]7c8ccc(O)cc8CC[C@@H]7c7ccccc7)cc6)O5)CC4)ccc3C2=O)C(=O)N1. The van der Waals surface area contributed by atoms with Crippen LogP contribution in [0.3, 0.4) is 0 Å². The summed E-state index contributed by atoms with van der Waals surface area (Å²) in [5, 5.41) is 13.0. The van der Waals surface area contributed by atoms with Crippen molar-refractivity contribution in [3.8, 4) is 11.5 Å². The molecule has 4 aromatic carbocycles. The Morgan fingerprint density at radius 1 is 0.800 bits per heavy atom. The normalized spacial score (nSPS) is 25.5. The number of phenolic OH excluding ortho intramolecular Hbond substituents is 1. The molecule has 2 N–H and O–H groups in total. The minimum atomic E-state index is -0.440. The highest BCUT2D eigenvalue weighted by Crippen LogP contribution is 2.47. The number of hydrogen-bond acceptors (Lipinski definition) is 7. The van der Waals surface area contributed by atoms with Gasteiger partial charge in [-0.3, -0.25) is 14.5 Å². The highest BCUT2D eigenvalue weighted by molar-refractivity contribution is 6.01. The van der Waals surface area contributed by atoms with E-state index in [9.17, 15) is 14.7 Å². The van der Waals surface area contributed by atoms with Crippen molar-refractivity contribution in [2.75, 3.05) is 44.2 Å². The Kier molecular flexibility index (Phi) is 9.83. The fourth-order valence-electron chi connectivity index (χ4n) is 9.59. The van der Waals surface area contributed by atoms with Gasteiger partial charge >= 0.3 is 0 Å². The molecule has 5 aliphatic rings. The van der Waals surface area contributed by atoms with Crippen molar-refractivity contribution in [1.82, 2.24) is 15.1 Å². The molecule has 4 heterocycles. The zero-order valence-electron chi connectivity index (χ0n) is 31.4. The van der Waals surface area contributed by atoms with E-state index in [2.05, 4.69) is 94.5 Å². The van der Waals surface area contributed by atoms with Crippen LogP contribution in [0.5, 0.6) is 11.5 Å². The molecule has 1 unspecified atom stereocenters. The molecular formula is C46H50N4O5. The first-order chi connectivity index (χ1) is 26.9. The van der Waals surface area contributed by atoms with Crippen LogP contribution in [0.1, 0.15) is 82.1 Å². The van der Waals surface area contributed by atoms with Crippen molar-refractivity contribution in [2.24, 2.45) is 0 Å². The number of carbonyl (C=O) groups excluding carboxylic acids is 2. The smallest absolute Gasteiger partial charge is 0.255 e. The van der Waals surface area contributed by atoms with Crippen LogP contribution in [-0.2, 0) is 22.5 Å². The minimum absolute atomic E-state index is 0.0567. The maximum atomic E-state index is 13.2. The van der Waals surface area contributed by atoms with Crippen LogP contribution in [-0.4, -0.2) is 84.3 Å². The lowest BCUT2D eigenvalue weighted by Gasteiger charge is -2.37. The number of rotatable bonds is 9. The number of aryl methyl sites for hydroxylation is 1. The summed E-state index contributed by atoms with van der Waals surface area (Å²) in [5.74, 6) is 1.59. The van der Waals surface area contributed by atoms with Gasteiger partial charge < -0.3 is 29.7 Å². The van der Waals surface area contributed by atoms with E-state index >= 15 is 0 Å². The van der Waals surface area contributed by atoms with Gasteiger partial charge in [0.25, 0.3) is 5.91 Å². The number of amides is 2. The van der Waals surface area contributed by atoms with Crippen molar-refractivity contribution in [1.29, 1.82) is 0 Å². The molecule has 3 fully saturated rings. The van der Waals surface area contributed by atoms with Gasteiger partial charge in [-0.15, -0.1) is 0 Å². The monoisotopic (exact) mass is 738 g/mol. The van der Waals surface area contributed by atoms with E-state index in [0.29, 0.717) is 43.2 Å². The summed E-state index contributed by atoms with van der Waals surface area (Å²) in [6.45, 7) is 9.55. The van der Waals surface area contributed by atoms with Crippen molar-refractivity contribution in [3.63, 3.8) is 0 Å². The Labute approximate surface area is 323 Å². The number of nitrogens with one attached hydrogen (secondary N) is 1. The first kappa shape index (κ1) is 35.6. The van der Waals surface area contributed by atoms with E-state index in [1.165, 1.54) is 22.3 Å². The Morgan fingerprint density at radius 2 is 1.60 bits per heavy atom. The Bertz CT molecular complexity index is 2060. The average Bonchev–Trinajstić information content (AvgIpc) is 3.80. The largest absolute Gasteiger partial charge is 0.508 e. The number of nitrogens with zero attached hydrogens (tertiary/aromatic N) is 3. The Balaban J connectivity index is 0.754. The predicted octanol–water partition coefficient (Wildman–Crippen LogP) is 6.75. The molecule has 0 aromatic heterocycles. The number of hydrogen-bond donors (Lipinski definition) is 2. The number of anilines is 1. The zero-order valence-corrected chi connectivity index (χ0v) is 31.4. The number of benzene rings is 4. The molecule has 1 aliphatic carbocycles. The van der Waals surface area contributed by atoms with E-state index in [1.807, 2.05) is 18.2 Å². The van der Waals surface area contributed by atoms with Crippen LogP contribution in [0, 0.1) is 0 Å². The first-order valence-corrected chi connectivity index (χ1v) is 20.0. The van der Waals surface area contributed by atoms with Gasteiger partial charge in [-0.2, -0.15) is 0 Å². The molecule has 3 saturated heterocycles. The lowest BCUT2D eigenvalue weighted by Crippen LogP contribution is -2.49. The number of piperazine rings is 1. The number of phenols is 1. The van der Waals surface area contributed by atoms with Gasteiger partial charge in [0.15, 0.2) is 0 Å². The molecule has 4 aromatic rings. The molecule has 2 amide bonds. The van der Waals surface area contributed by atoms with Crippen LogP contribution >= 0.6 is 0 Å². The zero-order chi connectivity index (χ0) is 37.5. The number of allylic oxidation sites excluding steroid dienone is 1. The van der Waals surface area contributed by atoms with Gasteiger partial charge in [0.05, 0.1) is 12.2 Å². The predicted molar refractivity (Wildman–Crippen MR) is 213 cm³/mol. The highest BCUT2D eigenvalue weighted by Gasteiger charge is 2.39. The molecule has 5 atom stereocenters. The second-order valence-electron chi connectivity index (χ2n) is 16.0. The van der Waals surface area contributed by atoms with Crippen molar-refractivity contribution < 1.29 is 24.2 Å². The van der Waals surface area contributed by atoms with Crippen molar-refractivity contribution >= 4 is 17.5 Å². The third kappa shape index (κ3) is 7.35.